The molecular weight excluding hydrogens is 433 g/mol. The Hall–Kier alpha value is -4.13. The summed E-state index contributed by atoms with van der Waals surface area (Å²) in [5, 5.41) is 16.2. The number of halogens is 1. The summed E-state index contributed by atoms with van der Waals surface area (Å²) in [5.41, 5.74) is 4.15. The van der Waals surface area contributed by atoms with Gasteiger partial charge in [-0.2, -0.15) is 0 Å². The number of aromatic hydroxyl groups is 1. The lowest BCUT2D eigenvalue weighted by molar-refractivity contribution is -0.121. The molecule has 0 unspecified atom stereocenters. The summed E-state index contributed by atoms with van der Waals surface area (Å²) in [7, 11) is 0. The highest BCUT2D eigenvalue weighted by Gasteiger charge is 2.14. The van der Waals surface area contributed by atoms with Crippen LogP contribution >= 0.6 is 0 Å². The second kappa shape index (κ2) is 10.7. The Bertz CT molecular complexity index is 1300. The Morgan fingerprint density at radius 1 is 0.912 bits per heavy atom. The molecule has 0 radical (unpaired) electrons. The Morgan fingerprint density at radius 3 is 2.47 bits per heavy atom. The minimum absolute atomic E-state index is 0.0395. The van der Waals surface area contributed by atoms with E-state index in [1.807, 2.05) is 24.3 Å². The lowest BCUT2D eigenvalue weighted by atomic mass is 10.0. The van der Waals surface area contributed by atoms with Crippen LogP contribution in [0.2, 0.25) is 0 Å². The molecule has 3 aromatic carbocycles. The summed E-state index contributed by atoms with van der Waals surface area (Å²) in [4.78, 5) is 27.9. The molecule has 4 aromatic rings. The van der Waals surface area contributed by atoms with Crippen molar-refractivity contribution in [3.8, 4) is 17.0 Å². The molecule has 0 atom stereocenters. The zero-order valence-electron chi connectivity index (χ0n) is 18.6. The van der Waals surface area contributed by atoms with E-state index < -0.39 is 0 Å². The van der Waals surface area contributed by atoms with E-state index in [-0.39, 0.29) is 23.4 Å². The molecule has 7 heteroatoms. The molecule has 1 heterocycles. The maximum atomic E-state index is 13.4. The number of nitrogens with one attached hydrogen (secondary N) is 3. The second-order valence-corrected chi connectivity index (χ2v) is 8.04. The minimum Gasteiger partial charge on any atom is -0.508 e. The largest absolute Gasteiger partial charge is 0.508 e. The molecule has 0 saturated carbocycles. The summed E-state index contributed by atoms with van der Waals surface area (Å²) in [6, 6.07) is 20.4. The minimum atomic E-state index is -0.293. The van der Waals surface area contributed by atoms with Crippen molar-refractivity contribution in [1.82, 2.24) is 15.6 Å². The van der Waals surface area contributed by atoms with Crippen LogP contribution in [0.1, 0.15) is 28.8 Å². The first kappa shape index (κ1) is 23.0. The number of phenolic OH excluding ortho intramolecular Hbond substituents is 1. The fourth-order valence-corrected chi connectivity index (χ4v) is 3.92. The van der Waals surface area contributed by atoms with E-state index in [2.05, 4.69) is 15.6 Å². The highest BCUT2D eigenvalue weighted by Crippen LogP contribution is 2.31. The number of hydrogen-bond acceptors (Lipinski definition) is 3. The van der Waals surface area contributed by atoms with Crippen LogP contribution in [0.3, 0.4) is 0 Å². The monoisotopic (exact) mass is 459 g/mol. The molecule has 0 saturated heterocycles. The normalized spacial score (nSPS) is 10.9. The summed E-state index contributed by atoms with van der Waals surface area (Å²) >= 11 is 0. The van der Waals surface area contributed by atoms with E-state index in [0.29, 0.717) is 37.9 Å². The van der Waals surface area contributed by atoms with Gasteiger partial charge in [-0.3, -0.25) is 9.59 Å². The lowest BCUT2D eigenvalue weighted by Crippen LogP contribution is -2.30. The fourth-order valence-electron chi connectivity index (χ4n) is 3.92. The summed E-state index contributed by atoms with van der Waals surface area (Å²) in [6.45, 7) is 0.851. The Balaban J connectivity index is 1.29. The number of phenols is 1. The molecule has 1 aromatic heterocycles. The third-order valence-corrected chi connectivity index (χ3v) is 5.62. The van der Waals surface area contributed by atoms with Crippen LogP contribution in [-0.4, -0.2) is 35.0 Å². The average molecular weight is 460 g/mol. The number of aryl methyl sites for hydroxylation is 1. The second-order valence-electron chi connectivity index (χ2n) is 8.04. The summed E-state index contributed by atoms with van der Waals surface area (Å²) in [5.74, 6) is -0.596. The standard InChI is InChI=1S/C27H26FN3O3/c28-20-11-9-18(10-12-20)26-23(22-7-1-2-8-24(22)31-26)13-14-25(33)29-15-4-16-30-27(34)19-5-3-6-21(32)17-19/h1-3,5-12,17,31-32H,4,13-16H2,(H,29,33)(H,30,34). The van der Waals surface area contributed by atoms with Crippen LogP contribution < -0.4 is 10.6 Å². The molecule has 0 aliphatic heterocycles. The molecule has 0 aliphatic rings. The average Bonchev–Trinajstić information content (AvgIpc) is 3.21. The predicted molar refractivity (Wildman–Crippen MR) is 130 cm³/mol. The molecule has 0 fully saturated rings. The number of carbonyl (C=O) groups excluding carboxylic acids is 2. The Labute approximate surface area is 196 Å². The Kier molecular flexibility index (Phi) is 7.22. The van der Waals surface area contributed by atoms with Crippen LogP contribution in [0.15, 0.2) is 72.8 Å². The van der Waals surface area contributed by atoms with Gasteiger partial charge in [-0.1, -0.05) is 24.3 Å². The molecule has 0 spiro atoms. The zero-order valence-corrected chi connectivity index (χ0v) is 18.6. The first-order valence-corrected chi connectivity index (χ1v) is 11.2. The smallest absolute Gasteiger partial charge is 0.251 e. The number of fused-ring (bicyclic) bond motifs is 1. The van der Waals surface area contributed by atoms with Crippen molar-refractivity contribution in [2.75, 3.05) is 13.1 Å². The first-order valence-electron chi connectivity index (χ1n) is 11.2. The lowest BCUT2D eigenvalue weighted by Gasteiger charge is -2.08. The van der Waals surface area contributed by atoms with Crippen LogP contribution in [0.25, 0.3) is 22.2 Å². The van der Waals surface area contributed by atoms with Crippen LogP contribution in [-0.2, 0) is 11.2 Å². The third kappa shape index (κ3) is 5.61. The SMILES string of the molecule is O=C(CCc1c(-c2ccc(F)cc2)[nH]c2ccccc12)NCCCNC(=O)c1cccc(O)c1. The van der Waals surface area contributed by atoms with E-state index in [9.17, 15) is 19.1 Å². The van der Waals surface area contributed by atoms with Gasteiger partial charge < -0.3 is 20.7 Å². The van der Waals surface area contributed by atoms with Gasteiger partial charge >= 0.3 is 0 Å². The van der Waals surface area contributed by atoms with E-state index >= 15 is 0 Å². The van der Waals surface area contributed by atoms with Crippen molar-refractivity contribution in [3.63, 3.8) is 0 Å². The molecule has 0 bridgehead atoms. The highest BCUT2D eigenvalue weighted by atomic mass is 19.1. The number of benzene rings is 3. The van der Waals surface area contributed by atoms with Crippen molar-refractivity contribution in [1.29, 1.82) is 0 Å². The molecule has 34 heavy (non-hydrogen) atoms. The maximum Gasteiger partial charge on any atom is 0.251 e. The summed E-state index contributed by atoms with van der Waals surface area (Å²) in [6.07, 6.45) is 1.44. The molecular formula is C27H26FN3O3. The van der Waals surface area contributed by atoms with Gasteiger partial charge in [-0.15, -0.1) is 0 Å². The van der Waals surface area contributed by atoms with E-state index in [1.54, 1.807) is 24.3 Å². The number of hydrogen-bond donors (Lipinski definition) is 4. The van der Waals surface area contributed by atoms with Crippen LogP contribution in [0.5, 0.6) is 5.75 Å². The van der Waals surface area contributed by atoms with Crippen LogP contribution in [0, 0.1) is 5.82 Å². The van der Waals surface area contributed by atoms with E-state index in [4.69, 9.17) is 0 Å². The van der Waals surface area contributed by atoms with Crippen molar-refractivity contribution in [2.45, 2.75) is 19.3 Å². The van der Waals surface area contributed by atoms with Crippen molar-refractivity contribution in [3.05, 3.63) is 89.7 Å². The molecule has 4 rings (SSSR count). The molecule has 2 amide bonds. The van der Waals surface area contributed by atoms with Crippen molar-refractivity contribution in [2.24, 2.45) is 0 Å². The third-order valence-electron chi connectivity index (χ3n) is 5.62. The molecule has 0 aliphatic carbocycles. The van der Waals surface area contributed by atoms with E-state index in [1.165, 1.54) is 24.3 Å². The fraction of sp³-hybridized carbons (Fsp3) is 0.185. The molecule has 6 nitrogen and oxygen atoms in total. The number of H-pyrrole nitrogens is 1. The zero-order chi connectivity index (χ0) is 23.9. The summed E-state index contributed by atoms with van der Waals surface area (Å²) < 4.78 is 13.4. The van der Waals surface area contributed by atoms with Gasteiger partial charge in [0.15, 0.2) is 0 Å². The quantitative estimate of drug-likeness (QED) is 0.277. The number of aromatic nitrogens is 1. The van der Waals surface area contributed by atoms with Gasteiger partial charge in [0, 0.05) is 41.7 Å². The molecule has 174 valence electrons. The highest BCUT2D eigenvalue weighted by molar-refractivity contribution is 5.94. The number of carbonyl (C=O) groups is 2. The molecule has 4 N–H and O–H groups in total. The maximum absolute atomic E-state index is 13.4. The van der Waals surface area contributed by atoms with Gasteiger partial charge in [0.05, 0.1) is 0 Å². The van der Waals surface area contributed by atoms with Crippen molar-refractivity contribution >= 4 is 22.7 Å². The van der Waals surface area contributed by atoms with Gasteiger partial charge in [-0.05, 0) is 72.5 Å². The van der Waals surface area contributed by atoms with E-state index in [0.717, 1.165) is 27.7 Å². The van der Waals surface area contributed by atoms with Gasteiger partial charge in [-0.25, -0.2) is 4.39 Å². The van der Waals surface area contributed by atoms with Crippen LogP contribution in [0.4, 0.5) is 4.39 Å². The number of rotatable bonds is 9. The number of para-hydroxylation sites is 1. The first-order chi connectivity index (χ1) is 16.5. The van der Waals surface area contributed by atoms with Crippen molar-refractivity contribution < 1.29 is 19.1 Å². The topological polar surface area (TPSA) is 94.2 Å². The Morgan fingerprint density at radius 2 is 1.68 bits per heavy atom. The number of amides is 2. The van der Waals surface area contributed by atoms with Gasteiger partial charge in [0.25, 0.3) is 5.91 Å². The number of aromatic amines is 1. The predicted octanol–water partition coefficient (Wildman–Crippen LogP) is 4.55. The van der Waals surface area contributed by atoms with Gasteiger partial charge in [0.1, 0.15) is 11.6 Å². The van der Waals surface area contributed by atoms with Gasteiger partial charge in [0.2, 0.25) is 5.91 Å².